The molecule has 0 bridgehead atoms. The number of amides is 1. The number of nitrogens with two attached hydrogens (primary N) is 1. The second kappa shape index (κ2) is 6.92. The predicted octanol–water partition coefficient (Wildman–Crippen LogP) is 2.11. The summed E-state index contributed by atoms with van der Waals surface area (Å²) in [5, 5.41) is 1.70. The van der Waals surface area contributed by atoms with E-state index in [0.29, 0.717) is 24.3 Å². The molecule has 0 unspecified atom stereocenters. The van der Waals surface area contributed by atoms with Gasteiger partial charge in [-0.2, -0.15) is 0 Å². The third kappa shape index (κ3) is 3.77. The smallest absolute Gasteiger partial charge is 0.271 e. The number of hydrogen-bond acceptors (Lipinski definition) is 5. The van der Waals surface area contributed by atoms with Crippen molar-refractivity contribution in [3.05, 3.63) is 47.3 Å². The standard InChI is InChI=1S/C16H19N3O3S2/c17-13-6-8-19(9-7-13)16(20)12-3-1-4-14(11-12)18-24(21,22)15-5-2-10-23-15/h1-5,10-11,13,18H,6-9,17H2. The third-order valence-corrected chi connectivity index (χ3v) is 6.73. The van der Waals surface area contributed by atoms with Crippen molar-refractivity contribution < 1.29 is 13.2 Å². The summed E-state index contributed by atoms with van der Waals surface area (Å²) < 4.78 is 27.3. The number of likely N-dealkylation sites (tertiary alicyclic amines) is 1. The molecule has 0 atom stereocenters. The molecule has 0 radical (unpaired) electrons. The fourth-order valence-corrected chi connectivity index (χ4v) is 4.67. The molecule has 0 saturated carbocycles. The first kappa shape index (κ1) is 16.9. The van der Waals surface area contributed by atoms with Crippen LogP contribution in [-0.4, -0.2) is 38.4 Å². The Balaban J connectivity index is 1.76. The van der Waals surface area contributed by atoms with Crippen molar-refractivity contribution in [2.24, 2.45) is 5.73 Å². The van der Waals surface area contributed by atoms with E-state index in [1.807, 2.05) is 0 Å². The van der Waals surface area contributed by atoms with E-state index < -0.39 is 10.0 Å². The molecular formula is C16H19N3O3S2. The molecule has 2 heterocycles. The van der Waals surface area contributed by atoms with Gasteiger partial charge in [0.25, 0.3) is 15.9 Å². The Labute approximate surface area is 145 Å². The summed E-state index contributed by atoms with van der Waals surface area (Å²) in [4.78, 5) is 14.3. The van der Waals surface area contributed by atoms with Gasteiger partial charge in [0.15, 0.2) is 0 Å². The first-order valence-electron chi connectivity index (χ1n) is 7.67. The summed E-state index contributed by atoms with van der Waals surface area (Å²) in [6, 6.07) is 9.95. The van der Waals surface area contributed by atoms with Crippen LogP contribution < -0.4 is 10.5 Å². The van der Waals surface area contributed by atoms with Crippen molar-refractivity contribution in [2.75, 3.05) is 17.8 Å². The van der Waals surface area contributed by atoms with Crippen LogP contribution in [0.2, 0.25) is 0 Å². The summed E-state index contributed by atoms with van der Waals surface area (Å²) in [5.41, 5.74) is 6.71. The van der Waals surface area contributed by atoms with E-state index in [2.05, 4.69) is 4.72 Å². The highest BCUT2D eigenvalue weighted by molar-refractivity contribution is 7.94. The van der Waals surface area contributed by atoms with Gasteiger partial charge < -0.3 is 10.6 Å². The Hall–Kier alpha value is -1.90. The SMILES string of the molecule is NC1CCN(C(=O)c2cccc(NS(=O)(=O)c3cccs3)c2)CC1. The van der Waals surface area contributed by atoms with Crippen molar-refractivity contribution >= 4 is 33.0 Å². The van der Waals surface area contributed by atoms with Gasteiger partial charge in [-0.05, 0) is 42.5 Å². The summed E-state index contributed by atoms with van der Waals surface area (Å²) in [5.74, 6) is -0.0981. The topological polar surface area (TPSA) is 92.5 Å². The second-order valence-electron chi connectivity index (χ2n) is 5.75. The first-order valence-corrected chi connectivity index (χ1v) is 10.0. The maximum atomic E-state index is 12.6. The number of nitrogens with zero attached hydrogens (tertiary/aromatic N) is 1. The Morgan fingerprint density at radius 2 is 1.96 bits per heavy atom. The van der Waals surface area contributed by atoms with Gasteiger partial charge in [-0.3, -0.25) is 9.52 Å². The zero-order chi connectivity index (χ0) is 17.2. The minimum Gasteiger partial charge on any atom is -0.339 e. The number of piperidine rings is 1. The summed E-state index contributed by atoms with van der Waals surface area (Å²) in [6.07, 6.45) is 1.58. The van der Waals surface area contributed by atoms with Gasteiger partial charge >= 0.3 is 0 Å². The van der Waals surface area contributed by atoms with Crippen molar-refractivity contribution in [1.82, 2.24) is 4.90 Å². The van der Waals surface area contributed by atoms with Crippen molar-refractivity contribution in [1.29, 1.82) is 0 Å². The van der Waals surface area contributed by atoms with E-state index in [1.54, 1.807) is 46.7 Å². The Kier molecular flexibility index (Phi) is 4.88. The van der Waals surface area contributed by atoms with Gasteiger partial charge in [-0.25, -0.2) is 8.42 Å². The predicted molar refractivity (Wildman–Crippen MR) is 94.7 cm³/mol. The number of sulfonamides is 1. The molecule has 128 valence electrons. The van der Waals surface area contributed by atoms with Crippen LogP contribution in [0.1, 0.15) is 23.2 Å². The molecular weight excluding hydrogens is 346 g/mol. The molecule has 2 aromatic rings. The lowest BCUT2D eigenvalue weighted by atomic mass is 10.0. The van der Waals surface area contributed by atoms with Crippen LogP contribution in [0.15, 0.2) is 46.0 Å². The molecule has 1 aromatic heterocycles. The van der Waals surface area contributed by atoms with E-state index in [9.17, 15) is 13.2 Å². The van der Waals surface area contributed by atoms with Gasteiger partial charge in [0.05, 0.1) is 0 Å². The highest BCUT2D eigenvalue weighted by atomic mass is 32.2. The second-order valence-corrected chi connectivity index (χ2v) is 8.60. The van der Waals surface area contributed by atoms with Crippen LogP contribution in [0, 0.1) is 0 Å². The summed E-state index contributed by atoms with van der Waals surface area (Å²) >= 11 is 1.15. The molecule has 24 heavy (non-hydrogen) atoms. The number of carbonyl (C=O) groups excluding carboxylic acids is 1. The third-order valence-electron chi connectivity index (χ3n) is 3.95. The molecule has 3 N–H and O–H groups in total. The molecule has 0 aliphatic carbocycles. The molecule has 1 fully saturated rings. The van der Waals surface area contributed by atoms with Gasteiger partial charge in [0.1, 0.15) is 4.21 Å². The Bertz CT molecular complexity index is 811. The molecule has 3 rings (SSSR count). The molecule has 8 heteroatoms. The summed E-state index contributed by atoms with van der Waals surface area (Å²) in [7, 11) is -3.62. The van der Waals surface area contributed by atoms with Crippen LogP contribution in [0.5, 0.6) is 0 Å². The van der Waals surface area contributed by atoms with Crippen molar-refractivity contribution in [3.63, 3.8) is 0 Å². The van der Waals surface area contributed by atoms with Crippen molar-refractivity contribution in [3.8, 4) is 0 Å². The van der Waals surface area contributed by atoms with E-state index >= 15 is 0 Å². The molecule has 1 aliphatic heterocycles. The van der Waals surface area contributed by atoms with Crippen LogP contribution in [0.3, 0.4) is 0 Å². The number of rotatable bonds is 4. The molecule has 1 amide bonds. The minimum atomic E-state index is -3.62. The normalized spacial score (nSPS) is 16.1. The number of carbonyl (C=O) groups is 1. The van der Waals surface area contributed by atoms with Crippen molar-refractivity contribution in [2.45, 2.75) is 23.1 Å². The van der Waals surface area contributed by atoms with E-state index in [1.165, 1.54) is 0 Å². The van der Waals surface area contributed by atoms with Gasteiger partial charge in [0.2, 0.25) is 0 Å². The largest absolute Gasteiger partial charge is 0.339 e. The van der Waals surface area contributed by atoms with E-state index in [4.69, 9.17) is 5.73 Å². The van der Waals surface area contributed by atoms with Crippen LogP contribution >= 0.6 is 11.3 Å². The zero-order valence-corrected chi connectivity index (χ0v) is 14.6. The molecule has 1 aromatic carbocycles. The average molecular weight is 365 g/mol. The minimum absolute atomic E-state index is 0.0981. The van der Waals surface area contributed by atoms with E-state index in [0.717, 1.165) is 24.2 Å². The lowest BCUT2D eigenvalue weighted by Gasteiger charge is -2.30. The Morgan fingerprint density at radius 1 is 1.21 bits per heavy atom. The number of thiophene rings is 1. The number of nitrogens with one attached hydrogen (secondary N) is 1. The quantitative estimate of drug-likeness (QED) is 0.868. The van der Waals surface area contributed by atoms with Gasteiger partial charge in [-0.1, -0.05) is 12.1 Å². The highest BCUT2D eigenvalue weighted by Crippen LogP contribution is 2.22. The number of anilines is 1. The Morgan fingerprint density at radius 3 is 2.62 bits per heavy atom. The molecule has 1 aliphatic rings. The summed E-state index contributed by atoms with van der Waals surface area (Å²) in [6.45, 7) is 1.26. The van der Waals surface area contributed by atoms with E-state index in [-0.39, 0.29) is 16.2 Å². The number of benzene rings is 1. The van der Waals surface area contributed by atoms with Crippen LogP contribution in [0.25, 0.3) is 0 Å². The lowest BCUT2D eigenvalue weighted by Crippen LogP contribution is -2.42. The van der Waals surface area contributed by atoms with Crippen LogP contribution in [0.4, 0.5) is 5.69 Å². The van der Waals surface area contributed by atoms with Gasteiger partial charge in [0, 0.05) is 30.4 Å². The highest BCUT2D eigenvalue weighted by Gasteiger charge is 2.22. The number of hydrogen-bond donors (Lipinski definition) is 2. The monoisotopic (exact) mass is 365 g/mol. The average Bonchev–Trinajstić information content (AvgIpc) is 3.10. The molecule has 1 saturated heterocycles. The first-order chi connectivity index (χ1) is 11.5. The molecule has 6 nitrogen and oxygen atoms in total. The zero-order valence-electron chi connectivity index (χ0n) is 13.0. The molecule has 0 spiro atoms. The fourth-order valence-electron chi connectivity index (χ4n) is 2.62. The van der Waals surface area contributed by atoms with Gasteiger partial charge in [-0.15, -0.1) is 11.3 Å². The lowest BCUT2D eigenvalue weighted by molar-refractivity contribution is 0.0715. The maximum absolute atomic E-state index is 12.6. The van der Waals surface area contributed by atoms with Crippen LogP contribution in [-0.2, 0) is 10.0 Å². The fraction of sp³-hybridized carbons (Fsp3) is 0.312. The maximum Gasteiger partial charge on any atom is 0.271 e.